The van der Waals surface area contributed by atoms with E-state index < -0.39 is 11.2 Å². The summed E-state index contributed by atoms with van der Waals surface area (Å²) in [4.78, 5) is 10.4. The van der Waals surface area contributed by atoms with Crippen LogP contribution in [-0.4, -0.2) is 11.2 Å². The van der Waals surface area contributed by atoms with E-state index in [4.69, 9.17) is 0 Å². The van der Waals surface area contributed by atoms with Crippen LogP contribution in [-0.2, 0) is 10.5 Å². The second-order valence-corrected chi connectivity index (χ2v) is 5.14. The van der Waals surface area contributed by atoms with Crippen molar-refractivity contribution >= 4 is 33.7 Å². The Morgan fingerprint density at radius 2 is 2.07 bits per heavy atom. The molecular weight excluding hydrogens is 264 g/mol. The van der Waals surface area contributed by atoms with Crippen molar-refractivity contribution in [3.05, 3.63) is 34.3 Å². The van der Waals surface area contributed by atoms with E-state index in [-0.39, 0.29) is 0 Å². The molecule has 14 heavy (non-hydrogen) atoms. The van der Waals surface area contributed by atoms with Crippen LogP contribution >= 0.6 is 27.7 Å². The highest BCUT2D eigenvalue weighted by Crippen LogP contribution is 2.18. The topological polar surface area (TPSA) is 40.1 Å². The summed E-state index contributed by atoms with van der Waals surface area (Å²) in [6.07, 6.45) is 0. The lowest BCUT2D eigenvalue weighted by atomic mass is 10.2. The Balaban J connectivity index is 2.46. The summed E-state index contributed by atoms with van der Waals surface area (Å²) in [6.45, 7) is 1.64. The average molecular weight is 274 g/mol. The van der Waals surface area contributed by atoms with E-state index >= 15 is 0 Å². The second kappa shape index (κ2) is 5.41. The second-order valence-electron chi connectivity index (χ2n) is 2.90. The molecule has 0 aliphatic rings. The lowest BCUT2D eigenvalue weighted by Gasteiger charge is -2.11. The van der Waals surface area contributed by atoms with E-state index in [9.17, 15) is 9.90 Å². The van der Waals surface area contributed by atoms with Gasteiger partial charge in [-0.2, -0.15) is 0 Å². The summed E-state index contributed by atoms with van der Waals surface area (Å²) >= 11 is 4.70. The number of carboxylic acid groups (broad SMARTS) is 1. The van der Waals surface area contributed by atoms with Crippen molar-refractivity contribution in [2.75, 3.05) is 0 Å². The van der Waals surface area contributed by atoms with Gasteiger partial charge >= 0.3 is 0 Å². The molecule has 0 N–H and O–H groups in total. The quantitative estimate of drug-likeness (QED) is 0.840. The molecular formula is C10H10BrO2S-. The number of carbonyl (C=O) groups excluding carboxylic acids is 1. The number of rotatable bonds is 4. The third kappa shape index (κ3) is 3.72. The van der Waals surface area contributed by atoms with Gasteiger partial charge in [0, 0.05) is 15.5 Å². The number of hydrogen-bond donors (Lipinski definition) is 0. The van der Waals surface area contributed by atoms with Gasteiger partial charge in [0.05, 0.1) is 5.97 Å². The third-order valence-corrected chi connectivity index (χ3v) is 3.47. The highest BCUT2D eigenvalue weighted by Gasteiger charge is 2.03. The summed E-state index contributed by atoms with van der Waals surface area (Å²) in [7, 11) is 0. The summed E-state index contributed by atoms with van der Waals surface area (Å²) in [5.41, 5.74) is 1.12. The number of benzene rings is 1. The van der Waals surface area contributed by atoms with E-state index in [2.05, 4.69) is 15.9 Å². The minimum absolute atomic E-state index is 0.460. The fraction of sp³-hybridized carbons (Fsp3) is 0.300. The van der Waals surface area contributed by atoms with Gasteiger partial charge < -0.3 is 9.90 Å². The molecule has 0 radical (unpaired) electrons. The van der Waals surface area contributed by atoms with Crippen LogP contribution in [0.15, 0.2) is 28.7 Å². The SMILES string of the molecule is C[C@H](SCc1ccc(Br)cc1)C(=O)[O-]. The first-order valence-electron chi connectivity index (χ1n) is 4.16. The zero-order valence-corrected chi connectivity index (χ0v) is 10.1. The van der Waals surface area contributed by atoms with Gasteiger partial charge in [-0.3, -0.25) is 0 Å². The molecule has 0 fully saturated rings. The Labute approximate surface area is 95.8 Å². The van der Waals surface area contributed by atoms with Crippen molar-refractivity contribution in [3.63, 3.8) is 0 Å². The first kappa shape index (κ1) is 11.6. The lowest BCUT2D eigenvalue weighted by molar-refractivity contribution is -0.304. The minimum atomic E-state index is -1.01. The molecule has 0 spiro atoms. The van der Waals surface area contributed by atoms with Crippen molar-refractivity contribution in [2.45, 2.75) is 17.9 Å². The van der Waals surface area contributed by atoms with Gasteiger partial charge in [0.2, 0.25) is 0 Å². The minimum Gasteiger partial charge on any atom is -0.549 e. The molecule has 0 aliphatic carbocycles. The Hall–Kier alpha value is -0.480. The van der Waals surface area contributed by atoms with Gasteiger partial charge in [-0.15, -0.1) is 11.8 Å². The molecule has 0 unspecified atom stereocenters. The van der Waals surface area contributed by atoms with Gasteiger partial charge in [-0.1, -0.05) is 28.1 Å². The number of aliphatic carboxylic acids is 1. The summed E-state index contributed by atoms with van der Waals surface area (Å²) < 4.78 is 1.03. The number of hydrogen-bond acceptors (Lipinski definition) is 3. The Bertz CT molecular complexity index is 310. The molecule has 1 atom stereocenters. The van der Waals surface area contributed by atoms with E-state index in [0.717, 1.165) is 10.0 Å². The summed E-state index contributed by atoms with van der Waals surface area (Å²) in [5.74, 6) is -0.310. The van der Waals surface area contributed by atoms with Gasteiger partial charge in [0.15, 0.2) is 0 Å². The number of carboxylic acids is 1. The molecule has 0 aliphatic heterocycles. The molecule has 4 heteroatoms. The first-order chi connectivity index (χ1) is 6.59. The van der Waals surface area contributed by atoms with E-state index in [1.165, 1.54) is 11.8 Å². The number of carbonyl (C=O) groups is 1. The van der Waals surface area contributed by atoms with E-state index in [1.807, 2.05) is 24.3 Å². The molecule has 0 saturated carbocycles. The van der Waals surface area contributed by atoms with Crippen LogP contribution in [0.3, 0.4) is 0 Å². The maximum absolute atomic E-state index is 10.4. The highest BCUT2D eigenvalue weighted by atomic mass is 79.9. The fourth-order valence-corrected chi connectivity index (χ4v) is 1.91. The van der Waals surface area contributed by atoms with Gasteiger partial charge in [-0.25, -0.2) is 0 Å². The van der Waals surface area contributed by atoms with Crippen molar-refractivity contribution in [1.29, 1.82) is 0 Å². The largest absolute Gasteiger partial charge is 0.549 e. The predicted molar refractivity (Wildman–Crippen MR) is 59.9 cm³/mol. The molecule has 0 aromatic heterocycles. The third-order valence-electron chi connectivity index (χ3n) is 1.75. The normalized spacial score (nSPS) is 12.4. The summed E-state index contributed by atoms with van der Waals surface area (Å²) in [6, 6.07) is 7.83. The van der Waals surface area contributed by atoms with Crippen LogP contribution in [0.5, 0.6) is 0 Å². The van der Waals surface area contributed by atoms with Crippen molar-refractivity contribution in [2.24, 2.45) is 0 Å². The van der Waals surface area contributed by atoms with Crippen LogP contribution in [0, 0.1) is 0 Å². The maximum Gasteiger partial charge on any atom is 0.0541 e. The fourth-order valence-electron chi connectivity index (χ4n) is 0.870. The van der Waals surface area contributed by atoms with E-state index in [0.29, 0.717) is 5.75 Å². The standard InChI is InChI=1S/C10H11BrO2S/c1-7(10(12)13)14-6-8-2-4-9(11)5-3-8/h2-5,7H,6H2,1H3,(H,12,13)/p-1/t7-/m0/s1. The van der Waals surface area contributed by atoms with Crippen molar-refractivity contribution in [3.8, 4) is 0 Å². The molecule has 1 rings (SSSR count). The molecule has 1 aromatic rings. The monoisotopic (exact) mass is 273 g/mol. The molecule has 0 amide bonds. The van der Waals surface area contributed by atoms with Gasteiger partial charge in [0.25, 0.3) is 0 Å². The molecule has 2 nitrogen and oxygen atoms in total. The Kier molecular flexibility index (Phi) is 4.48. The summed E-state index contributed by atoms with van der Waals surface area (Å²) in [5, 5.41) is 9.98. The van der Waals surface area contributed by atoms with Crippen molar-refractivity contribution < 1.29 is 9.90 Å². The zero-order valence-electron chi connectivity index (χ0n) is 7.70. The molecule has 0 bridgehead atoms. The van der Waals surface area contributed by atoms with Crippen molar-refractivity contribution in [1.82, 2.24) is 0 Å². The molecule has 0 saturated heterocycles. The molecule has 1 aromatic carbocycles. The lowest BCUT2D eigenvalue weighted by Crippen LogP contribution is -2.31. The Morgan fingerprint density at radius 3 is 2.57 bits per heavy atom. The van der Waals surface area contributed by atoms with Gasteiger partial charge in [0.1, 0.15) is 0 Å². The molecule has 0 heterocycles. The van der Waals surface area contributed by atoms with Crippen LogP contribution < -0.4 is 5.11 Å². The maximum atomic E-state index is 10.4. The number of halogens is 1. The molecule has 76 valence electrons. The zero-order chi connectivity index (χ0) is 10.6. The smallest absolute Gasteiger partial charge is 0.0541 e. The van der Waals surface area contributed by atoms with E-state index in [1.54, 1.807) is 6.92 Å². The van der Waals surface area contributed by atoms with Gasteiger partial charge in [-0.05, 0) is 24.6 Å². The van der Waals surface area contributed by atoms with Crippen LogP contribution in [0.4, 0.5) is 0 Å². The Morgan fingerprint density at radius 1 is 1.50 bits per heavy atom. The van der Waals surface area contributed by atoms with Crippen LogP contribution in [0.25, 0.3) is 0 Å². The average Bonchev–Trinajstić information content (AvgIpc) is 2.16. The first-order valence-corrected chi connectivity index (χ1v) is 6.00. The highest BCUT2D eigenvalue weighted by molar-refractivity contribution is 9.10. The number of thioether (sulfide) groups is 1. The van der Waals surface area contributed by atoms with Crippen LogP contribution in [0.2, 0.25) is 0 Å². The predicted octanol–water partition coefficient (Wildman–Crippen LogP) is 1.82. The van der Waals surface area contributed by atoms with Crippen LogP contribution in [0.1, 0.15) is 12.5 Å².